The Morgan fingerprint density at radius 1 is 1.41 bits per heavy atom. The Hall–Kier alpha value is -0.120. The van der Waals surface area contributed by atoms with E-state index in [1.807, 2.05) is 0 Å². The molecule has 0 aromatic heterocycles. The van der Waals surface area contributed by atoms with Crippen molar-refractivity contribution in [3.05, 3.63) is 0 Å². The van der Waals surface area contributed by atoms with E-state index in [1.54, 1.807) is 0 Å². The number of ether oxygens (including phenoxy) is 1. The SMILES string of the molecule is CCCCC(CC)CC(CC1CCCO1)NN. The molecule has 17 heavy (non-hydrogen) atoms. The molecule has 0 bridgehead atoms. The van der Waals surface area contributed by atoms with Crippen LogP contribution in [0.2, 0.25) is 0 Å². The fourth-order valence-electron chi connectivity index (χ4n) is 2.76. The minimum absolute atomic E-state index is 0.430. The highest BCUT2D eigenvalue weighted by Gasteiger charge is 2.22. The molecule has 0 aromatic carbocycles. The van der Waals surface area contributed by atoms with E-state index in [9.17, 15) is 0 Å². The van der Waals surface area contributed by atoms with Gasteiger partial charge in [-0.1, -0.05) is 39.5 Å². The lowest BCUT2D eigenvalue weighted by atomic mass is 9.90. The van der Waals surface area contributed by atoms with Gasteiger partial charge in [-0.15, -0.1) is 0 Å². The van der Waals surface area contributed by atoms with Crippen LogP contribution >= 0.6 is 0 Å². The van der Waals surface area contributed by atoms with E-state index in [0.717, 1.165) is 18.9 Å². The first kappa shape index (κ1) is 14.9. The topological polar surface area (TPSA) is 47.3 Å². The predicted octanol–water partition coefficient (Wildman–Crippen LogP) is 2.99. The second kappa shape index (κ2) is 8.90. The van der Waals surface area contributed by atoms with Gasteiger partial charge in [0.05, 0.1) is 6.10 Å². The van der Waals surface area contributed by atoms with Crippen LogP contribution in [0.1, 0.15) is 65.2 Å². The second-order valence-corrected chi connectivity index (χ2v) is 5.39. The molecule has 3 heteroatoms. The summed E-state index contributed by atoms with van der Waals surface area (Å²) >= 11 is 0. The molecular formula is C14H30N2O. The van der Waals surface area contributed by atoms with Crippen LogP contribution < -0.4 is 11.3 Å². The maximum atomic E-state index is 5.69. The van der Waals surface area contributed by atoms with Gasteiger partial charge in [-0.2, -0.15) is 0 Å². The van der Waals surface area contributed by atoms with E-state index in [4.69, 9.17) is 10.6 Å². The van der Waals surface area contributed by atoms with Gasteiger partial charge in [0.15, 0.2) is 0 Å². The fourth-order valence-corrected chi connectivity index (χ4v) is 2.76. The van der Waals surface area contributed by atoms with Gasteiger partial charge in [0.2, 0.25) is 0 Å². The van der Waals surface area contributed by atoms with Crippen molar-refractivity contribution < 1.29 is 4.74 Å². The Morgan fingerprint density at radius 2 is 2.24 bits per heavy atom. The smallest absolute Gasteiger partial charge is 0.0591 e. The first-order chi connectivity index (χ1) is 8.30. The lowest BCUT2D eigenvalue weighted by molar-refractivity contribution is 0.0910. The first-order valence-electron chi connectivity index (χ1n) is 7.37. The quantitative estimate of drug-likeness (QED) is 0.482. The van der Waals surface area contributed by atoms with E-state index in [2.05, 4.69) is 19.3 Å². The van der Waals surface area contributed by atoms with Gasteiger partial charge in [0.1, 0.15) is 0 Å². The standard InChI is InChI=1S/C14H30N2O/c1-3-5-7-12(4-2)10-13(16-15)11-14-8-6-9-17-14/h12-14,16H,3-11,15H2,1-2H3. The lowest BCUT2D eigenvalue weighted by Gasteiger charge is -2.24. The molecule has 1 heterocycles. The number of unbranched alkanes of at least 4 members (excludes halogenated alkanes) is 1. The zero-order valence-electron chi connectivity index (χ0n) is 11.6. The normalized spacial score (nSPS) is 23.8. The third-order valence-corrected chi connectivity index (χ3v) is 3.97. The van der Waals surface area contributed by atoms with Crippen molar-refractivity contribution in [1.29, 1.82) is 0 Å². The molecule has 3 nitrogen and oxygen atoms in total. The minimum atomic E-state index is 0.430. The highest BCUT2D eigenvalue weighted by Crippen LogP contribution is 2.23. The molecule has 1 saturated heterocycles. The first-order valence-corrected chi connectivity index (χ1v) is 7.37. The van der Waals surface area contributed by atoms with Crippen LogP contribution in [0.3, 0.4) is 0 Å². The second-order valence-electron chi connectivity index (χ2n) is 5.39. The van der Waals surface area contributed by atoms with Crippen molar-refractivity contribution in [2.45, 2.75) is 77.4 Å². The molecule has 1 rings (SSSR count). The summed E-state index contributed by atoms with van der Waals surface area (Å²) in [4.78, 5) is 0. The van der Waals surface area contributed by atoms with E-state index < -0.39 is 0 Å². The maximum absolute atomic E-state index is 5.69. The third-order valence-electron chi connectivity index (χ3n) is 3.97. The monoisotopic (exact) mass is 242 g/mol. The molecule has 3 atom stereocenters. The predicted molar refractivity (Wildman–Crippen MR) is 72.6 cm³/mol. The zero-order valence-corrected chi connectivity index (χ0v) is 11.6. The highest BCUT2D eigenvalue weighted by atomic mass is 16.5. The lowest BCUT2D eigenvalue weighted by Crippen LogP contribution is -2.39. The van der Waals surface area contributed by atoms with Gasteiger partial charge >= 0.3 is 0 Å². The molecule has 3 unspecified atom stereocenters. The molecule has 0 spiro atoms. The molecule has 1 aliphatic heterocycles. The Labute approximate surface area is 106 Å². The Kier molecular flexibility index (Phi) is 7.82. The molecule has 0 aromatic rings. The van der Waals surface area contributed by atoms with Gasteiger partial charge < -0.3 is 4.74 Å². The molecule has 102 valence electrons. The van der Waals surface area contributed by atoms with Crippen molar-refractivity contribution in [2.24, 2.45) is 11.8 Å². The van der Waals surface area contributed by atoms with Crippen molar-refractivity contribution in [3.8, 4) is 0 Å². The van der Waals surface area contributed by atoms with E-state index in [1.165, 1.54) is 44.9 Å². The van der Waals surface area contributed by atoms with Crippen LogP contribution in [0.25, 0.3) is 0 Å². The van der Waals surface area contributed by atoms with Crippen LogP contribution in [0, 0.1) is 5.92 Å². The third kappa shape index (κ3) is 5.84. The fraction of sp³-hybridized carbons (Fsp3) is 1.00. The summed E-state index contributed by atoms with van der Waals surface area (Å²) in [7, 11) is 0. The number of rotatable bonds is 9. The van der Waals surface area contributed by atoms with Gasteiger partial charge in [0, 0.05) is 12.6 Å². The summed E-state index contributed by atoms with van der Waals surface area (Å²) in [6.07, 6.45) is 10.4. The molecule has 0 amide bonds. The number of hydrogen-bond donors (Lipinski definition) is 2. The molecule has 0 saturated carbocycles. The summed E-state index contributed by atoms with van der Waals surface area (Å²) in [5.74, 6) is 6.49. The van der Waals surface area contributed by atoms with Crippen molar-refractivity contribution in [3.63, 3.8) is 0 Å². The minimum Gasteiger partial charge on any atom is -0.378 e. The number of hydrogen-bond acceptors (Lipinski definition) is 3. The number of nitrogens with two attached hydrogens (primary N) is 1. The summed E-state index contributed by atoms with van der Waals surface area (Å²) in [5.41, 5.74) is 2.99. The highest BCUT2D eigenvalue weighted by molar-refractivity contribution is 4.76. The van der Waals surface area contributed by atoms with Crippen molar-refractivity contribution in [2.75, 3.05) is 6.61 Å². The molecule has 0 radical (unpaired) electrons. The molecule has 1 fully saturated rings. The van der Waals surface area contributed by atoms with E-state index in [-0.39, 0.29) is 0 Å². The molecule has 3 N–H and O–H groups in total. The molecule has 1 aliphatic rings. The largest absolute Gasteiger partial charge is 0.378 e. The van der Waals surface area contributed by atoms with E-state index >= 15 is 0 Å². The zero-order chi connectivity index (χ0) is 12.5. The van der Waals surface area contributed by atoms with Gasteiger partial charge in [0.25, 0.3) is 0 Å². The molecular weight excluding hydrogens is 212 g/mol. The molecule has 0 aliphatic carbocycles. The Morgan fingerprint density at radius 3 is 2.76 bits per heavy atom. The van der Waals surface area contributed by atoms with Crippen LogP contribution in [-0.4, -0.2) is 18.8 Å². The number of nitrogens with one attached hydrogen (secondary N) is 1. The Bertz CT molecular complexity index is 181. The van der Waals surface area contributed by atoms with Crippen molar-refractivity contribution in [1.82, 2.24) is 5.43 Å². The Balaban J connectivity index is 2.27. The summed E-state index contributed by atoms with van der Waals surface area (Å²) < 4.78 is 5.69. The summed E-state index contributed by atoms with van der Waals surface area (Å²) in [6.45, 7) is 5.49. The summed E-state index contributed by atoms with van der Waals surface area (Å²) in [5, 5.41) is 0. The van der Waals surface area contributed by atoms with Crippen LogP contribution in [0.15, 0.2) is 0 Å². The van der Waals surface area contributed by atoms with Crippen LogP contribution in [-0.2, 0) is 4.74 Å². The van der Waals surface area contributed by atoms with Crippen molar-refractivity contribution >= 4 is 0 Å². The number of hydrazine groups is 1. The van der Waals surface area contributed by atoms with Crippen LogP contribution in [0.5, 0.6) is 0 Å². The van der Waals surface area contributed by atoms with Gasteiger partial charge in [-0.3, -0.25) is 11.3 Å². The summed E-state index contributed by atoms with van der Waals surface area (Å²) in [6, 6.07) is 0.430. The van der Waals surface area contributed by atoms with E-state index in [0.29, 0.717) is 12.1 Å². The average molecular weight is 242 g/mol. The van der Waals surface area contributed by atoms with Gasteiger partial charge in [-0.05, 0) is 31.6 Å². The average Bonchev–Trinajstić information content (AvgIpc) is 2.85. The maximum Gasteiger partial charge on any atom is 0.0591 e. The van der Waals surface area contributed by atoms with Crippen LogP contribution in [0.4, 0.5) is 0 Å². The van der Waals surface area contributed by atoms with Gasteiger partial charge in [-0.25, -0.2) is 0 Å².